The van der Waals surface area contributed by atoms with Gasteiger partial charge in [-0.3, -0.25) is 9.89 Å². The van der Waals surface area contributed by atoms with E-state index in [1.54, 1.807) is 18.2 Å². The van der Waals surface area contributed by atoms with E-state index < -0.39 is 46.8 Å². The number of nitrogens with one attached hydrogen (secondary N) is 2. The summed E-state index contributed by atoms with van der Waals surface area (Å²) in [6.07, 6.45) is 0.905. The van der Waals surface area contributed by atoms with Gasteiger partial charge >= 0.3 is 0 Å². The van der Waals surface area contributed by atoms with Gasteiger partial charge in [-0.2, -0.15) is 5.10 Å². The van der Waals surface area contributed by atoms with Crippen LogP contribution < -0.4 is 5.32 Å². The van der Waals surface area contributed by atoms with Gasteiger partial charge in [0.1, 0.15) is 11.9 Å². The van der Waals surface area contributed by atoms with Crippen molar-refractivity contribution in [2.24, 2.45) is 0 Å². The van der Waals surface area contributed by atoms with Crippen LogP contribution in [0.3, 0.4) is 0 Å². The first-order chi connectivity index (χ1) is 23.2. The number of aliphatic hydroxyl groups excluding tert-OH is 1. The largest absolute Gasteiger partial charge is 0.392 e. The summed E-state index contributed by atoms with van der Waals surface area (Å²) in [4.78, 5) is 16.6. The zero-order chi connectivity index (χ0) is 33.8. The van der Waals surface area contributed by atoms with Gasteiger partial charge in [0.15, 0.2) is 34.7 Å². The van der Waals surface area contributed by atoms with Crippen LogP contribution in [0.5, 0.6) is 0 Å². The van der Waals surface area contributed by atoms with E-state index in [1.165, 1.54) is 18.1 Å². The Morgan fingerprint density at radius 3 is 2.21 bits per heavy atom. The SMILES string of the molecule is O=C(NCc1cccc(-c2ccc(C3OC(CSc4ncn[nH]4)CC(c4ccc(CO)cc4)O3)cc2)c1)c1c(F)c(F)c(F)c(F)c1F. The molecule has 1 aromatic heterocycles. The second-order valence-electron chi connectivity index (χ2n) is 10.9. The molecule has 1 aliphatic heterocycles. The molecule has 1 saturated heterocycles. The number of amides is 1. The molecule has 1 amide bonds. The first-order valence-corrected chi connectivity index (χ1v) is 15.7. The van der Waals surface area contributed by atoms with Crippen molar-refractivity contribution in [2.45, 2.75) is 43.2 Å². The van der Waals surface area contributed by atoms with Crippen molar-refractivity contribution >= 4 is 17.7 Å². The normalized spacial score (nSPS) is 17.8. The fraction of sp³-hybridized carbons (Fsp3) is 0.206. The van der Waals surface area contributed by atoms with Gasteiger partial charge in [-0.25, -0.2) is 26.9 Å². The van der Waals surface area contributed by atoms with E-state index in [2.05, 4.69) is 20.5 Å². The molecule has 0 aliphatic carbocycles. The molecular weight excluding hydrogens is 655 g/mol. The zero-order valence-corrected chi connectivity index (χ0v) is 25.7. The van der Waals surface area contributed by atoms with Crippen molar-refractivity contribution in [3.8, 4) is 11.1 Å². The van der Waals surface area contributed by atoms with E-state index in [0.29, 0.717) is 22.9 Å². The van der Waals surface area contributed by atoms with Crippen molar-refractivity contribution in [3.05, 3.63) is 136 Å². The average molecular weight is 683 g/mol. The molecule has 0 radical (unpaired) electrons. The van der Waals surface area contributed by atoms with Crippen molar-refractivity contribution in [3.63, 3.8) is 0 Å². The van der Waals surface area contributed by atoms with Gasteiger partial charge in [0.25, 0.3) is 5.91 Å². The molecule has 0 spiro atoms. The Balaban J connectivity index is 1.16. The molecular formula is C34H27F5N4O4S. The molecule has 1 aliphatic rings. The van der Waals surface area contributed by atoms with Gasteiger partial charge in [0.2, 0.25) is 5.82 Å². The highest BCUT2D eigenvalue weighted by Crippen LogP contribution is 2.39. The van der Waals surface area contributed by atoms with Crippen LogP contribution in [-0.4, -0.2) is 38.1 Å². The minimum Gasteiger partial charge on any atom is -0.392 e. The molecule has 14 heteroatoms. The Hall–Kier alpha value is -4.63. The molecule has 3 unspecified atom stereocenters. The molecule has 3 atom stereocenters. The third-order valence-corrected chi connectivity index (χ3v) is 8.76. The topological polar surface area (TPSA) is 109 Å². The van der Waals surface area contributed by atoms with Crippen LogP contribution in [0, 0.1) is 29.1 Å². The summed E-state index contributed by atoms with van der Waals surface area (Å²) in [7, 11) is 0. The van der Waals surface area contributed by atoms with E-state index in [0.717, 1.165) is 27.8 Å². The van der Waals surface area contributed by atoms with Gasteiger partial charge < -0.3 is 19.9 Å². The minimum absolute atomic E-state index is 0.0592. The van der Waals surface area contributed by atoms with E-state index in [4.69, 9.17) is 9.47 Å². The van der Waals surface area contributed by atoms with Crippen LogP contribution in [0.25, 0.3) is 11.1 Å². The molecule has 8 nitrogen and oxygen atoms in total. The first kappa shape index (κ1) is 33.3. The van der Waals surface area contributed by atoms with E-state index in [9.17, 15) is 31.9 Å². The molecule has 2 heterocycles. The van der Waals surface area contributed by atoms with Gasteiger partial charge in [0.05, 0.1) is 18.8 Å². The number of hydrogen-bond acceptors (Lipinski definition) is 7. The molecule has 0 bridgehead atoms. The van der Waals surface area contributed by atoms with E-state index in [-0.39, 0.29) is 25.4 Å². The van der Waals surface area contributed by atoms with E-state index in [1.807, 2.05) is 54.6 Å². The molecule has 248 valence electrons. The van der Waals surface area contributed by atoms with Gasteiger partial charge in [-0.05, 0) is 33.9 Å². The lowest BCUT2D eigenvalue weighted by Gasteiger charge is -2.36. The monoisotopic (exact) mass is 682 g/mol. The Kier molecular flexibility index (Phi) is 10.2. The van der Waals surface area contributed by atoms with Crippen molar-refractivity contribution in [1.29, 1.82) is 0 Å². The number of hydrogen-bond donors (Lipinski definition) is 3. The van der Waals surface area contributed by atoms with Crippen LogP contribution in [0.1, 0.15) is 51.4 Å². The van der Waals surface area contributed by atoms with Crippen molar-refractivity contribution < 1.29 is 41.3 Å². The van der Waals surface area contributed by atoms with E-state index >= 15 is 0 Å². The number of aromatic nitrogens is 3. The summed E-state index contributed by atoms with van der Waals surface area (Å²) in [5, 5.41) is 19.1. The Morgan fingerprint density at radius 1 is 0.854 bits per heavy atom. The number of ether oxygens (including phenoxy) is 2. The average Bonchev–Trinajstić information content (AvgIpc) is 3.65. The number of aliphatic hydroxyl groups is 1. The number of H-pyrrole nitrogens is 1. The van der Waals surface area contributed by atoms with Crippen molar-refractivity contribution in [2.75, 3.05) is 5.75 Å². The third kappa shape index (κ3) is 7.26. The summed E-state index contributed by atoms with van der Waals surface area (Å²) >= 11 is 1.49. The third-order valence-electron chi connectivity index (χ3n) is 7.75. The van der Waals surface area contributed by atoms with Crippen molar-refractivity contribution in [1.82, 2.24) is 20.5 Å². The number of nitrogens with zero attached hydrogens (tertiary/aromatic N) is 2. The maximum Gasteiger partial charge on any atom is 0.257 e. The number of thioether (sulfide) groups is 1. The van der Waals surface area contributed by atoms with Crippen LogP contribution in [0.15, 0.2) is 84.3 Å². The standard InChI is InChI=1S/C34H27F5N4O4S/c35-27-26(28(36)30(38)31(39)29(27)37)32(45)40-14-19-2-1-3-23(12-19)20-8-10-22(11-9-20)33-46-24(16-48-34-41-17-42-43-34)13-25(47-33)21-6-4-18(15-44)5-7-21/h1-12,17,24-25,33,44H,13-16H2,(H,40,45)(H,41,42,43). The number of rotatable bonds is 10. The van der Waals surface area contributed by atoms with Crippen LogP contribution in [-0.2, 0) is 22.6 Å². The molecule has 4 aromatic carbocycles. The number of halogens is 5. The predicted molar refractivity (Wildman–Crippen MR) is 165 cm³/mol. The van der Waals surface area contributed by atoms with Gasteiger partial charge in [-0.1, -0.05) is 78.5 Å². The summed E-state index contributed by atoms with van der Waals surface area (Å²) in [5.41, 5.74) is 3.05. The predicted octanol–water partition coefficient (Wildman–Crippen LogP) is 6.93. The number of benzene rings is 4. The van der Waals surface area contributed by atoms with Gasteiger partial charge in [0, 0.05) is 24.3 Å². The van der Waals surface area contributed by atoms with Crippen LogP contribution in [0.4, 0.5) is 22.0 Å². The first-order valence-electron chi connectivity index (χ1n) is 14.7. The highest BCUT2D eigenvalue weighted by atomic mass is 32.2. The smallest absolute Gasteiger partial charge is 0.257 e. The summed E-state index contributed by atoms with van der Waals surface area (Å²) in [6, 6.07) is 21.9. The molecule has 5 aromatic rings. The molecule has 0 saturated carbocycles. The second-order valence-corrected chi connectivity index (χ2v) is 11.9. The Morgan fingerprint density at radius 2 is 1.54 bits per heavy atom. The number of carbonyl (C=O) groups is 1. The lowest BCUT2D eigenvalue weighted by atomic mass is 9.99. The minimum atomic E-state index is -2.34. The highest BCUT2D eigenvalue weighted by Gasteiger charge is 2.33. The molecule has 1 fully saturated rings. The lowest BCUT2D eigenvalue weighted by Crippen LogP contribution is -2.31. The zero-order valence-electron chi connectivity index (χ0n) is 24.9. The number of carbonyl (C=O) groups excluding carboxylic acids is 1. The Labute approximate surface area is 275 Å². The molecule has 3 N–H and O–H groups in total. The van der Waals surface area contributed by atoms with Crippen LogP contribution in [0.2, 0.25) is 0 Å². The lowest BCUT2D eigenvalue weighted by molar-refractivity contribution is -0.245. The Bertz CT molecular complexity index is 1870. The summed E-state index contributed by atoms with van der Waals surface area (Å²) in [6.45, 7) is -0.293. The van der Waals surface area contributed by atoms with Crippen LogP contribution >= 0.6 is 11.8 Å². The molecule has 48 heavy (non-hydrogen) atoms. The highest BCUT2D eigenvalue weighted by molar-refractivity contribution is 7.99. The maximum absolute atomic E-state index is 14.1. The molecule has 6 rings (SSSR count). The fourth-order valence-corrected chi connectivity index (χ4v) is 6.02. The van der Waals surface area contributed by atoms with Gasteiger partial charge in [-0.15, -0.1) is 0 Å². The second kappa shape index (κ2) is 14.6. The maximum atomic E-state index is 14.1. The number of aromatic amines is 1. The summed E-state index contributed by atoms with van der Waals surface area (Å²) in [5.74, 6) is -12.0. The summed E-state index contributed by atoms with van der Waals surface area (Å²) < 4.78 is 81.4. The quantitative estimate of drug-likeness (QED) is 0.0635. The fourth-order valence-electron chi connectivity index (χ4n) is 5.23.